The van der Waals surface area contributed by atoms with Crippen molar-refractivity contribution in [2.24, 2.45) is 0 Å². The molecule has 18 heavy (non-hydrogen) atoms. The molecule has 1 aromatic carbocycles. The number of benzene rings is 1. The van der Waals surface area contributed by atoms with Crippen molar-refractivity contribution in [3.05, 3.63) is 35.9 Å². The van der Waals surface area contributed by atoms with E-state index in [1.54, 1.807) is 6.92 Å². The smallest absolute Gasteiger partial charge is 0.186 e. The first-order chi connectivity index (χ1) is 8.59. The minimum atomic E-state index is -1.26. The standard InChI is InChI=1S/C13H18O5/c1-8-10(14)11(15)12(16)13(18-8)17-7-9-5-3-2-4-6-9/h2-6,8,10-16H,7H2,1H3/t8-,10-,11+,12-,13?/m1/s1. The summed E-state index contributed by atoms with van der Waals surface area (Å²) < 4.78 is 10.7. The Morgan fingerprint density at radius 2 is 1.72 bits per heavy atom. The van der Waals surface area contributed by atoms with Crippen LogP contribution in [-0.4, -0.2) is 46.0 Å². The largest absolute Gasteiger partial charge is 0.388 e. The van der Waals surface area contributed by atoms with E-state index in [9.17, 15) is 15.3 Å². The highest BCUT2D eigenvalue weighted by atomic mass is 16.7. The molecule has 0 aliphatic carbocycles. The molecule has 1 aliphatic rings. The molecule has 5 heteroatoms. The first-order valence-electron chi connectivity index (χ1n) is 5.95. The summed E-state index contributed by atoms with van der Waals surface area (Å²) in [5.74, 6) is 0. The topological polar surface area (TPSA) is 79.2 Å². The second kappa shape index (κ2) is 5.77. The molecule has 0 amide bonds. The van der Waals surface area contributed by atoms with Gasteiger partial charge < -0.3 is 24.8 Å². The molecule has 1 aliphatic heterocycles. The molecule has 2 rings (SSSR count). The number of hydrogen-bond donors (Lipinski definition) is 3. The lowest BCUT2D eigenvalue weighted by atomic mass is 10.00. The summed E-state index contributed by atoms with van der Waals surface area (Å²) in [5, 5.41) is 28.9. The minimum absolute atomic E-state index is 0.276. The van der Waals surface area contributed by atoms with Crippen LogP contribution in [0.25, 0.3) is 0 Å². The van der Waals surface area contributed by atoms with E-state index in [0.717, 1.165) is 5.56 Å². The van der Waals surface area contributed by atoms with Crippen molar-refractivity contribution in [1.82, 2.24) is 0 Å². The highest BCUT2D eigenvalue weighted by Gasteiger charge is 2.42. The lowest BCUT2D eigenvalue weighted by molar-refractivity contribution is -0.296. The van der Waals surface area contributed by atoms with Gasteiger partial charge in [0, 0.05) is 0 Å². The quantitative estimate of drug-likeness (QED) is 0.709. The van der Waals surface area contributed by atoms with Gasteiger partial charge in [-0.3, -0.25) is 0 Å². The molecule has 1 aromatic rings. The van der Waals surface area contributed by atoms with Gasteiger partial charge in [0.1, 0.15) is 18.3 Å². The van der Waals surface area contributed by atoms with Crippen LogP contribution in [0.3, 0.4) is 0 Å². The van der Waals surface area contributed by atoms with Gasteiger partial charge in [-0.2, -0.15) is 0 Å². The van der Waals surface area contributed by atoms with Crippen LogP contribution in [0.2, 0.25) is 0 Å². The lowest BCUT2D eigenvalue weighted by Crippen LogP contribution is -2.57. The third kappa shape index (κ3) is 2.88. The van der Waals surface area contributed by atoms with Crippen molar-refractivity contribution in [3.63, 3.8) is 0 Å². The van der Waals surface area contributed by atoms with E-state index in [4.69, 9.17) is 9.47 Å². The van der Waals surface area contributed by atoms with E-state index in [2.05, 4.69) is 0 Å². The van der Waals surface area contributed by atoms with Crippen LogP contribution in [-0.2, 0) is 16.1 Å². The van der Waals surface area contributed by atoms with Gasteiger partial charge in [0.15, 0.2) is 6.29 Å². The second-order valence-electron chi connectivity index (χ2n) is 4.48. The van der Waals surface area contributed by atoms with Crippen LogP contribution in [0, 0.1) is 0 Å². The van der Waals surface area contributed by atoms with Crippen LogP contribution in [0.15, 0.2) is 30.3 Å². The number of rotatable bonds is 3. The van der Waals surface area contributed by atoms with Crippen molar-refractivity contribution in [3.8, 4) is 0 Å². The van der Waals surface area contributed by atoms with Crippen molar-refractivity contribution in [1.29, 1.82) is 0 Å². The maximum atomic E-state index is 9.74. The summed E-state index contributed by atoms with van der Waals surface area (Å²) >= 11 is 0. The zero-order chi connectivity index (χ0) is 13.1. The van der Waals surface area contributed by atoms with E-state index in [0.29, 0.717) is 0 Å². The fourth-order valence-electron chi connectivity index (χ4n) is 1.90. The zero-order valence-electron chi connectivity index (χ0n) is 10.1. The van der Waals surface area contributed by atoms with Crippen molar-refractivity contribution in [2.75, 3.05) is 0 Å². The molecule has 1 fully saturated rings. The Balaban J connectivity index is 1.93. The number of hydrogen-bond acceptors (Lipinski definition) is 5. The summed E-state index contributed by atoms with van der Waals surface area (Å²) in [4.78, 5) is 0. The first kappa shape index (κ1) is 13.5. The Bertz CT molecular complexity index is 369. The van der Waals surface area contributed by atoms with Crippen LogP contribution in [0.4, 0.5) is 0 Å². The average molecular weight is 254 g/mol. The number of ether oxygens (including phenoxy) is 2. The van der Waals surface area contributed by atoms with E-state index < -0.39 is 30.7 Å². The van der Waals surface area contributed by atoms with Gasteiger partial charge in [0.05, 0.1) is 12.7 Å². The Morgan fingerprint density at radius 1 is 1.06 bits per heavy atom. The minimum Gasteiger partial charge on any atom is -0.388 e. The molecule has 3 N–H and O–H groups in total. The maximum Gasteiger partial charge on any atom is 0.186 e. The molecular formula is C13H18O5. The summed E-state index contributed by atoms with van der Waals surface area (Å²) in [6, 6.07) is 9.46. The molecule has 0 spiro atoms. The van der Waals surface area contributed by atoms with Crippen molar-refractivity contribution in [2.45, 2.75) is 44.2 Å². The van der Waals surface area contributed by atoms with Gasteiger partial charge in [-0.15, -0.1) is 0 Å². The van der Waals surface area contributed by atoms with Gasteiger partial charge in [-0.05, 0) is 12.5 Å². The molecule has 1 unspecified atom stereocenters. The molecule has 1 saturated heterocycles. The molecule has 5 atom stereocenters. The zero-order valence-corrected chi connectivity index (χ0v) is 10.1. The Morgan fingerprint density at radius 3 is 2.39 bits per heavy atom. The average Bonchev–Trinajstić information content (AvgIpc) is 2.40. The normalized spacial score (nSPS) is 36.6. The molecular weight excluding hydrogens is 236 g/mol. The highest BCUT2D eigenvalue weighted by Crippen LogP contribution is 2.22. The molecule has 5 nitrogen and oxygen atoms in total. The van der Waals surface area contributed by atoms with E-state index in [-0.39, 0.29) is 6.61 Å². The predicted molar refractivity (Wildman–Crippen MR) is 63.6 cm³/mol. The summed E-state index contributed by atoms with van der Waals surface area (Å²) in [7, 11) is 0. The molecule has 1 heterocycles. The SMILES string of the molecule is C[C@H]1OC(OCc2ccccc2)[C@H](O)[C@@H](O)[C@@H]1O. The second-order valence-corrected chi connectivity index (χ2v) is 4.48. The van der Waals surface area contributed by atoms with Gasteiger partial charge in [0.25, 0.3) is 0 Å². The first-order valence-corrected chi connectivity index (χ1v) is 5.95. The monoisotopic (exact) mass is 254 g/mol. The van der Waals surface area contributed by atoms with Gasteiger partial charge in [-0.1, -0.05) is 30.3 Å². The third-order valence-corrected chi connectivity index (χ3v) is 3.07. The molecule has 0 aromatic heterocycles. The van der Waals surface area contributed by atoms with Crippen LogP contribution in [0.1, 0.15) is 12.5 Å². The van der Waals surface area contributed by atoms with Crippen LogP contribution < -0.4 is 0 Å². The lowest BCUT2D eigenvalue weighted by Gasteiger charge is -2.38. The Kier molecular flexibility index (Phi) is 4.31. The molecule has 100 valence electrons. The van der Waals surface area contributed by atoms with Gasteiger partial charge >= 0.3 is 0 Å². The van der Waals surface area contributed by atoms with E-state index in [1.807, 2.05) is 30.3 Å². The number of aliphatic hydroxyl groups is 3. The number of aliphatic hydroxyl groups excluding tert-OH is 3. The van der Waals surface area contributed by atoms with Crippen LogP contribution >= 0.6 is 0 Å². The predicted octanol–water partition coefficient (Wildman–Crippen LogP) is 0.0307. The summed E-state index contributed by atoms with van der Waals surface area (Å²) in [6.45, 7) is 1.90. The third-order valence-electron chi connectivity index (χ3n) is 3.07. The van der Waals surface area contributed by atoms with Crippen LogP contribution in [0.5, 0.6) is 0 Å². The van der Waals surface area contributed by atoms with E-state index >= 15 is 0 Å². The maximum absolute atomic E-state index is 9.74. The fraction of sp³-hybridized carbons (Fsp3) is 0.538. The molecule has 0 radical (unpaired) electrons. The van der Waals surface area contributed by atoms with Gasteiger partial charge in [0.2, 0.25) is 0 Å². The Labute approximate surface area is 106 Å². The summed E-state index contributed by atoms with van der Waals surface area (Å²) in [6.07, 6.45) is -5.12. The fourth-order valence-corrected chi connectivity index (χ4v) is 1.90. The van der Waals surface area contributed by atoms with Crippen molar-refractivity contribution >= 4 is 0 Å². The van der Waals surface area contributed by atoms with E-state index in [1.165, 1.54) is 0 Å². The molecule has 0 bridgehead atoms. The molecule has 0 saturated carbocycles. The van der Waals surface area contributed by atoms with Crippen molar-refractivity contribution < 1.29 is 24.8 Å². The highest BCUT2D eigenvalue weighted by molar-refractivity contribution is 5.13. The Hall–Kier alpha value is -0.980. The summed E-state index contributed by atoms with van der Waals surface area (Å²) in [5.41, 5.74) is 0.946. The van der Waals surface area contributed by atoms with Gasteiger partial charge in [-0.25, -0.2) is 0 Å².